The van der Waals surface area contributed by atoms with Gasteiger partial charge in [0.1, 0.15) is 11.5 Å². The summed E-state index contributed by atoms with van der Waals surface area (Å²) in [6.07, 6.45) is 8.38. The molecule has 3 aromatic rings. The average Bonchev–Trinajstić information content (AvgIpc) is 3.15. The number of hydrogen-bond acceptors (Lipinski definition) is 9. The maximum Gasteiger partial charge on any atom is 0.246 e. The number of nitrogens with zero attached hydrogens (tertiary/aromatic N) is 2. The number of rotatable bonds is 19. The number of ether oxygens (including phenoxy) is 3. The normalized spacial score (nSPS) is 18.3. The summed E-state index contributed by atoms with van der Waals surface area (Å²) in [5, 5.41) is 32.8. The van der Waals surface area contributed by atoms with E-state index in [0.29, 0.717) is 43.2 Å². The Morgan fingerprint density at radius 3 is 2.43 bits per heavy atom. The Bertz CT molecular complexity index is 1630. The van der Waals surface area contributed by atoms with Crippen molar-refractivity contribution in [3.8, 4) is 23.0 Å². The molecule has 2 aliphatic rings. The molecule has 1 saturated carbocycles. The van der Waals surface area contributed by atoms with Crippen molar-refractivity contribution in [2.75, 3.05) is 39.2 Å². The van der Waals surface area contributed by atoms with Crippen molar-refractivity contribution >= 4 is 23.7 Å². The van der Waals surface area contributed by atoms with E-state index in [9.17, 15) is 19.8 Å². The van der Waals surface area contributed by atoms with Crippen LogP contribution in [0.25, 0.3) is 0 Å². The van der Waals surface area contributed by atoms with E-state index in [2.05, 4.69) is 29.7 Å². The number of carbonyl (C=O) groups is 2. The number of aromatic hydroxyl groups is 1. The first kappa shape index (κ1) is 37.6. The van der Waals surface area contributed by atoms with Gasteiger partial charge in [-0.1, -0.05) is 37.5 Å². The van der Waals surface area contributed by atoms with Crippen molar-refractivity contribution in [3.05, 3.63) is 77.4 Å². The third-order valence-electron chi connectivity index (χ3n) is 9.87. The first-order valence-electron chi connectivity index (χ1n) is 18.1. The third-order valence-corrected chi connectivity index (χ3v) is 9.87. The summed E-state index contributed by atoms with van der Waals surface area (Å²) in [5.41, 5.74) is 3.99. The molecule has 11 heteroatoms. The number of hydrogen-bond donors (Lipinski definition) is 4. The molecule has 1 aliphatic carbocycles. The molecule has 0 radical (unpaired) electrons. The third kappa shape index (κ3) is 10.0. The molecule has 274 valence electrons. The van der Waals surface area contributed by atoms with Crippen LogP contribution in [0.5, 0.6) is 23.0 Å². The summed E-state index contributed by atoms with van der Waals surface area (Å²) in [5.74, 6) is 2.43. The fraction of sp³-hybridized carbons (Fsp3) is 0.475. The second-order valence-corrected chi connectivity index (χ2v) is 13.5. The molecule has 11 nitrogen and oxygen atoms in total. The van der Waals surface area contributed by atoms with Crippen LogP contribution in [-0.2, 0) is 16.0 Å². The van der Waals surface area contributed by atoms with E-state index >= 15 is 0 Å². The SMILES string of the molecule is COc1ccc(C2=NN(CCCCCCOc3ccc(C[C@@H](C)NC[C@H](O)c4ccc(O)c(NC=O)c4)cc3)C(=O)C3CCCCC23)cc1OC. The van der Waals surface area contributed by atoms with Crippen LogP contribution in [0.3, 0.4) is 0 Å². The highest BCUT2D eigenvalue weighted by atomic mass is 16.5. The van der Waals surface area contributed by atoms with Gasteiger partial charge in [0.2, 0.25) is 12.3 Å². The van der Waals surface area contributed by atoms with Gasteiger partial charge in [0.25, 0.3) is 0 Å². The van der Waals surface area contributed by atoms with Crippen molar-refractivity contribution in [1.82, 2.24) is 10.3 Å². The molecule has 0 spiro atoms. The Hall–Kier alpha value is -4.61. The van der Waals surface area contributed by atoms with Crippen LogP contribution in [0.1, 0.15) is 81.1 Å². The predicted molar refractivity (Wildman–Crippen MR) is 198 cm³/mol. The molecule has 4 N–H and O–H groups in total. The second-order valence-electron chi connectivity index (χ2n) is 13.5. The first-order chi connectivity index (χ1) is 24.8. The Labute approximate surface area is 301 Å². The summed E-state index contributed by atoms with van der Waals surface area (Å²) in [4.78, 5) is 24.2. The smallest absolute Gasteiger partial charge is 0.246 e. The topological polar surface area (TPSA) is 142 Å². The molecule has 2 amide bonds. The van der Waals surface area contributed by atoms with Gasteiger partial charge in [0, 0.05) is 36.5 Å². The highest BCUT2D eigenvalue weighted by Gasteiger charge is 2.41. The highest BCUT2D eigenvalue weighted by Crippen LogP contribution is 2.39. The van der Waals surface area contributed by atoms with Crippen LogP contribution in [0.4, 0.5) is 5.69 Å². The second kappa shape index (κ2) is 18.6. The number of amides is 2. The van der Waals surface area contributed by atoms with Crippen molar-refractivity contribution in [2.45, 2.75) is 76.9 Å². The maximum atomic E-state index is 13.4. The average molecular weight is 701 g/mol. The summed E-state index contributed by atoms with van der Waals surface area (Å²) < 4.78 is 17.0. The molecule has 1 fully saturated rings. The molecular formula is C40H52N4O7. The number of hydrazone groups is 1. The molecule has 0 saturated heterocycles. The van der Waals surface area contributed by atoms with Gasteiger partial charge < -0.3 is 35.1 Å². The van der Waals surface area contributed by atoms with Gasteiger partial charge in [0.05, 0.1) is 38.3 Å². The molecule has 0 aromatic heterocycles. The summed E-state index contributed by atoms with van der Waals surface area (Å²) in [6.45, 7) is 3.63. The Morgan fingerprint density at radius 1 is 0.941 bits per heavy atom. The number of benzene rings is 3. The maximum absolute atomic E-state index is 13.4. The quantitative estimate of drug-likeness (QED) is 0.0656. The number of anilines is 1. The molecule has 3 aromatic carbocycles. The van der Waals surface area contributed by atoms with E-state index in [-0.39, 0.29) is 35.2 Å². The molecule has 2 unspecified atom stereocenters. The number of phenolic OH excluding ortho intramolecular Hbond substituents is 1. The summed E-state index contributed by atoms with van der Waals surface area (Å²) in [6, 6.07) is 18.8. The first-order valence-corrected chi connectivity index (χ1v) is 18.1. The van der Waals surface area contributed by atoms with E-state index in [1.165, 1.54) is 6.07 Å². The predicted octanol–water partition coefficient (Wildman–Crippen LogP) is 6.22. The van der Waals surface area contributed by atoms with Crippen LogP contribution < -0.4 is 24.8 Å². The highest BCUT2D eigenvalue weighted by molar-refractivity contribution is 6.07. The van der Waals surface area contributed by atoms with Gasteiger partial charge in [-0.15, -0.1) is 0 Å². The van der Waals surface area contributed by atoms with Gasteiger partial charge in [-0.3, -0.25) is 9.59 Å². The van der Waals surface area contributed by atoms with E-state index in [4.69, 9.17) is 19.3 Å². The van der Waals surface area contributed by atoms with E-state index in [1.807, 2.05) is 30.3 Å². The molecule has 4 atom stereocenters. The number of carbonyl (C=O) groups excluding carboxylic acids is 2. The van der Waals surface area contributed by atoms with Crippen molar-refractivity contribution in [2.24, 2.45) is 16.9 Å². The Kier molecular flexibility index (Phi) is 13.7. The zero-order chi connectivity index (χ0) is 36.2. The monoisotopic (exact) mass is 700 g/mol. The zero-order valence-electron chi connectivity index (χ0n) is 30.0. The molecule has 0 bridgehead atoms. The van der Waals surface area contributed by atoms with Gasteiger partial charge in [-0.25, -0.2) is 5.01 Å². The van der Waals surface area contributed by atoms with Crippen LogP contribution in [0.2, 0.25) is 0 Å². The number of nitrogens with one attached hydrogen (secondary N) is 2. The number of methoxy groups -OCH3 is 2. The Morgan fingerprint density at radius 2 is 1.69 bits per heavy atom. The molecule has 5 rings (SSSR count). The largest absolute Gasteiger partial charge is 0.506 e. The Balaban J connectivity index is 1.02. The fourth-order valence-corrected chi connectivity index (χ4v) is 7.05. The minimum atomic E-state index is -0.788. The fourth-order valence-electron chi connectivity index (χ4n) is 7.05. The number of fused-ring (bicyclic) bond motifs is 1. The van der Waals surface area contributed by atoms with Crippen LogP contribution in [0, 0.1) is 11.8 Å². The lowest BCUT2D eigenvalue weighted by atomic mass is 9.73. The summed E-state index contributed by atoms with van der Waals surface area (Å²) >= 11 is 0. The lowest BCUT2D eigenvalue weighted by Crippen LogP contribution is -2.46. The van der Waals surface area contributed by atoms with E-state index in [0.717, 1.165) is 80.4 Å². The molecule has 1 heterocycles. The minimum Gasteiger partial charge on any atom is -0.506 e. The number of aliphatic hydroxyl groups excluding tert-OH is 1. The van der Waals surface area contributed by atoms with Crippen LogP contribution >= 0.6 is 0 Å². The van der Waals surface area contributed by atoms with Gasteiger partial charge in [-0.05, 0) is 99.0 Å². The zero-order valence-corrected chi connectivity index (χ0v) is 30.0. The van der Waals surface area contributed by atoms with Gasteiger partial charge >= 0.3 is 0 Å². The molecule has 1 aliphatic heterocycles. The van der Waals surface area contributed by atoms with Crippen molar-refractivity contribution in [3.63, 3.8) is 0 Å². The standard InChI is InChI=1S/C40H52N4O7/c1-27(41-25-36(47)29-14-18-35(46)34(23-29)42-26-45)22-28-12-16-31(17-13-28)51-21-9-5-4-8-20-44-40(48)33-11-7-6-10-32(33)39(43-44)30-15-19-37(49-2)38(24-30)50-3/h12-19,23-24,26-27,32-33,36,41,46-47H,4-11,20-22,25H2,1-3H3,(H,42,45)/t27-,32?,33?,36+/m1/s1. The van der Waals surface area contributed by atoms with E-state index in [1.54, 1.807) is 31.4 Å². The lowest BCUT2D eigenvalue weighted by Gasteiger charge is -2.38. The minimum absolute atomic E-state index is 0.00889. The summed E-state index contributed by atoms with van der Waals surface area (Å²) in [7, 11) is 3.27. The van der Waals surface area contributed by atoms with Gasteiger partial charge in [0.15, 0.2) is 11.5 Å². The number of aliphatic hydroxyl groups is 1. The number of unbranched alkanes of at least 4 members (excludes halogenated alkanes) is 3. The van der Waals surface area contributed by atoms with E-state index < -0.39 is 6.10 Å². The lowest BCUT2D eigenvalue weighted by molar-refractivity contribution is -0.139. The number of phenols is 1. The molecule has 51 heavy (non-hydrogen) atoms. The van der Waals surface area contributed by atoms with Crippen LogP contribution in [-0.4, -0.2) is 73.2 Å². The van der Waals surface area contributed by atoms with Crippen LogP contribution in [0.15, 0.2) is 65.8 Å². The molecular weight excluding hydrogens is 648 g/mol. The van der Waals surface area contributed by atoms with Gasteiger partial charge in [-0.2, -0.15) is 5.10 Å². The van der Waals surface area contributed by atoms with Crippen molar-refractivity contribution in [1.29, 1.82) is 0 Å². The van der Waals surface area contributed by atoms with Crippen molar-refractivity contribution < 1.29 is 34.0 Å².